The molecular weight excluding hydrogens is 240 g/mol. The maximum Gasteiger partial charge on any atom is 0.222 e. The van der Waals surface area contributed by atoms with Crippen LogP contribution in [0.5, 0.6) is 5.75 Å². The van der Waals surface area contributed by atoms with E-state index in [1.165, 1.54) is 0 Å². The van der Waals surface area contributed by atoms with Crippen molar-refractivity contribution in [3.63, 3.8) is 0 Å². The molecule has 4 nitrogen and oxygen atoms in total. The van der Waals surface area contributed by atoms with E-state index in [2.05, 4.69) is 16.3 Å². The molecule has 0 saturated carbocycles. The van der Waals surface area contributed by atoms with Gasteiger partial charge in [0.25, 0.3) is 0 Å². The van der Waals surface area contributed by atoms with Gasteiger partial charge >= 0.3 is 0 Å². The number of nitrogens with one attached hydrogen (secondary N) is 1. The molecule has 0 radical (unpaired) electrons. The van der Waals surface area contributed by atoms with Crippen molar-refractivity contribution in [2.75, 3.05) is 25.1 Å². The minimum Gasteiger partial charge on any atom is -0.497 e. The Kier molecular flexibility index (Phi) is 4.30. The van der Waals surface area contributed by atoms with Crippen molar-refractivity contribution in [1.82, 2.24) is 5.32 Å². The van der Waals surface area contributed by atoms with Crippen LogP contribution in [-0.2, 0) is 4.79 Å². The molecule has 1 N–H and O–H groups in total. The molecule has 1 heterocycles. The Hall–Kier alpha value is -1.71. The van der Waals surface area contributed by atoms with E-state index < -0.39 is 0 Å². The number of ether oxygens (including phenoxy) is 1. The molecule has 1 aromatic rings. The zero-order chi connectivity index (χ0) is 13.8. The van der Waals surface area contributed by atoms with Gasteiger partial charge in [-0.05, 0) is 18.6 Å². The van der Waals surface area contributed by atoms with Gasteiger partial charge in [0.1, 0.15) is 5.75 Å². The first kappa shape index (κ1) is 13.7. The van der Waals surface area contributed by atoms with Crippen LogP contribution in [0, 0.1) is 5.92 Å². The number of hydrogen-bond donors (Lipinski definition) is 1. The van der Waals surface area contributed by atoms with Gasteiger partial charge in [-0.15, -0.1) is 0 Å². The van der Waals surface area contributed by atoms with E-state index in [0.717, 1.165) is 30.9 Å². The first-order chi connectivity index (χ1) is 9.10. The number of anilines is 1. The van der Waals surface area contributed by atoms with Crippen molar-refractivity contribution in [2.24, 2.45) is 5.92 Å². The summed E-state index contributed by atoms with van der Waals surface area (Å²) in [6.45, 7) is 5.68. The molecule has 0 spiro atoms. The fourth-order valence-corrected chi connectivity index (χ4v) is 2.29. The average molecular weight is 262 g/mol. The quantitative estimate of drug-likeness (QED) is 0.903. The third-order valence-electron chi connectivity index (χ3n) is 3.48. The number of hydrogen-bond acceptors (Lipinski definition) is 3. The Morgan fingerprint density at radius 1 is 1.47 bits per heavy atom. The smallest absolute Gasteiger partial charge is 0.222 e. The number of amides is 1. The molecular formula is C15H22N2O2. The maximum atomic E-state index is 11.7. The van der Waals surface area contributed by atoms with Gasteiger partial charge in [-0.3, -0.25) is 4.79 Å². The lowest BCUT2D eigenvalue weighted by atomic mass is 10.2. The Labute approximate surface area is 114 Å². The molecule has 0 bridgehead atoms. The Morgan fingerprint density at radius 3 is 2.95 bits per heavy atom. The van der Waals surface area contributed by atoms with Crippen molar-refractivity contribution in [1.29, 1.82) is 0 Å². The SMILES string of the molecule is COc1cccc(N2CCC(NC(=O)C(C)C)C2)c1. The van der Waals surface area contributed by atoms with Crippen LogP contribution in [-0.4, -0.2) is 32.1 Å². The topological polar surface area (TPSA) is 41.6 Å². The largest absolute Gasteiger partial charge is 0.497 e. The average Bonchev–Trinajstić information content (AvgIpc) is 2.87. The van der Waals surface area contributed by atoms with Crippen molar-refractivity contribution in [2.45, 2.75) is 26.3 Å². The molecule has 4 heteroatoms. The molecule has 1 aromatic carbocycles. The highest BCUT2D eigenvalue weighted by Crippen LogP contribution is 2.24. The van der Waals surface area contributed by atoms with Gasteiger partial charge < -0.3 is 15.0 Å². The number of methoxy groups -OCH3 is 1. The van der Waals surface area contributed by atoms with Crippen LogP contribution in [0.2, 0.25) is 0 Å². The Balaban J connectivity index is 1.96. The van der Waals surface area contributed by atoms with E-state index in [4.69, 9.17) is 4.74 Å². The normalized spacial score (nSPS) is 18.7. The second-order valence-corrected chi connectivity index (χ2v) is 5.30. The van der Waals surface area contributed by atoms with E-state index in [-0.39, 0.29) is 17.9 Å². The number of carbonyl (C=O) groups is 1. The lowest BCUT2D eigenvalue weighted by Crippen LogP contribution is -2.39. The molecule has 1 aliphatic rings. The zero-order valence-electron chi connectivity index (χ0n) is 11.8. The predicted molar refractivity (Wildman–Crippen MR) is 76.6 cm³/mol. The second kappa shape index (κ2) is 5.95. The minimum atomic E-state index is 0.0471. The van der Waals surface area contributed by atoms with Crippen LogP contribution in [0.3, 0.4) is 0 Å². The molecule has 19 heavy (non-hydrogen) atoms. The molecule has 1 atom stereocenters. The van der Waals surface area contributed by atoms with E-state index >= 15 is 0 Å². The van der Waals surface area contributed by atoms with Crippen LogP contribution in [0.25, 0.3) is 0 Å². The van der Waals surface area contributed by atoms with Crippen LogP contribution < -0.4 is 15.0 Å². The Bertz CT molecular complexity index is 446. The Morgan fingerprint density at radius 2 is 2.26 bits per heavy atom. The number of carbonyl (C=O) groups excluding carboxylic acids is 1. The van der Waals surface area contributed by atoms with Gasteiger partial charge in [0.05, 0.1) is 7.11 Å². The maximum absolute atomic E-state index is 11.7. The number of nitrogens with zero attached hydrogens (tertiary/aromatic N) is 1. The molecule has 1 saturated heterocycles. The van der Waals surface area contributed by atoms with Gasteiger partial charge in [0.15, 0.2) is 0 Å². The number of benzene rings is 1. The predicted octanol–water partition coefficient (Wildman–Crippen LogP) is 2.05. The summed E-state index contributed by atoms with van der Waals surface area (Å²) in [6, 6.07) is 8.30. The van der Waals surface area contributed by atoms with Crippen molar-refractivity contribution < 1.29 is 9.53 Å². The summed E-state index contributed by atoms with van der Waals surface area (Å²) in [7, 11) is 1.68. The second-order valence-electron chi connectivity index (χ2n) is 5.30. The van der Waals surface area contributed by atoms with Crippen molar-refractivity contribution in [3.05, 3.63) is 24.3 Å². The zero-order valence-corrected chi connectivity index (χ0v) is 11.8. The van der Waals surface area contributed by atoms with Gasteiger partial charge in [0, 0.05) is 36.8 Å². The molecule has 1 fully saturated rings. The third kappa shape index (κ3) is 3.40. The summed E-state index contributed by atoms with van der Waals surface area (Å²) in [5.74, 6) is 1.05. The van der Waals surface area contributed by atoms with Gasteiger partial charge in [-0.2, -0.15) is 0 Å². The summed E-state index contributed by atoms with van der Waals surface area (Å²) in [6.07, 6.45) is 0.996. The van der Waals surface area contributed by atoms with E-state index in [1.54, 1.807) is 7.11 Å². The lowest BCUT2D eigenvalue weighted by molar-refractivity contribution is -0.124. The van der Waals surface area contributed by atoms with Gasteiger partial charge in [-0.25, -0.2) is 0 Å². The molecule has 1 aliphatic heterocycles. The third-order valence-corrected chi connectivity index (χ3v) is 3.48. The molecule has 0 aliphatic carbocycles. The highest BCUT2D eigenvalue weighted by Gasteiger charge is 2.24. The summed E-state index contributed by atoms with van der Waals surface area (Å²) in [5, 5.41) is 3.09. The molecule has 1 amide bonds. The van der Waals surface area contributed by atoms with Crippen LogP contribution >= 0.6 is 0 Å². The van der Waals surface area contributed by atoms with Crippen molar-refractivity contribution in [3.8, 4) is 5.75 Å². The van der Waals surface area contributed by atoms with Crippen LogP contribution in [0.15, 0.2) is 24.3 Å². The molecule has 104 valence electrons. The van der Waals surface area contributed by atoms with Crippen LogP contribution in [0.4, 0.5) is 5.69 Å². The highest BCUT2D eigenvalue weighted by atomic mass is 16.5. The van der Waals surface area contributed by atoms with Gasteiger partial charge in [-0.1, -0.05) is 19.9 Å². The monoisotopic (exact) mass is 262 g/mol. The van der Waals surface area contributed by atoms with Gasteiger partial charge in [0.2, 0.25) is 5.91 Å². The lowest BCUT2D eigenvalue weighted by Gasteiger charge is -2.20. The fraction of sp³-hybridized carbons (Fsp3) is 0.533. The first-order valence-electron chi connectivity index (χ1n) is 6.79. The summed E-state index contributed by atoms with van der Waals surface area (Å²) in [5.41, 5.74) is 1.15. The number of rotatable bonds is 4. The molecule has 1 unspecified atom stereocenters. The minimum absolute atomic E-state index is 0.0471. The first-order valence-corrected chi connectivity index (χ1v) is 6.79. The standard InChI is InChI=1S/C15H22N2O2/c1-11(2)15(18)16-12-7-8-17(10-12)13-5-4-6-14(9-13)19-3/h4-6,9,11-12H,7-8,10H2,1-3H3,(H,16,18). The summed E-state index contributed by atoms with van der Waals surface area (Å²) < 4.78 is 5.24. The van der Waals surface area contributed by atoms with Crippen molar-refractivity contribution >= 4 is 11.6 Å². The van der Waals surface area contributed by atoms with E-state index in [9.17, 15) is 4.79 Å². The van der Waals surface area contributed by atoms with E-state index in [1.807, 2.05) is 32.0 Å². The summed E-state index contributed by atoms with van der Waals surface area (Å²) in [4.78, 5) is 14.0. The molecule has 0 aromatic heterocycles. The van der Waals surface area contributed by atoms with Crippen LogP contribution in [0.1, 0.15) is 20.3 Å². The van der Waals surface area contributed by atoms with E-state index in [0.29, 0.717) is 0 Å². The summed E-state index contributed by atoms with van der Waals surface area (Å²) >= 11 is 0. The highest BCUT2D eigenvalue weighted by molar-refractivity contribution is 5.78. The fourth-order valence-electron chi connectivity index (χ4n) is 2.29. The molecule has 2 rings (SSSR count).